The monoisotopic (exact) mass is 202 g/mol. The van der Waals surface area contributed by atoms with Crippen LogP contribution < -0.4 is 0 Å². The first-order valence-corrected chi connectivity index (χ1v) is 5.31. The Balaban J connectivity index is 2.89. The molecule has 2 N–H and O–H groups in total. The van der Waals surface area contributed by atoms with Crippen molar-refractivity contribution in [3.8, 4) is 0 Å². The normalized spacial score (nSPS) is 43.9. The minimum atomic E-state index is -0.449. The van der Waals surface area contributed by atoms with Crippen molar-refractivity contribution in [2.24, 2.45) is 11.3 Å². The summed E-state index contributed by atoms with van der Waals surface area (Å²) in [6.07, 6.45) is 2.91. The maximum Gasteiger partial charge on any atom is 0.0939 e. The van der Waals surface area contributed by atoms with E-state index in [1.54, 1.807) is 7.11 Å². The zero-order valence-electron chi connectivity index (χ0n) is 9.42. The Morgan fingerprint density at radius 3 is 2.36 bits per heavy atom. The van der Waals surface area contributed by atoms with Gasteiger partial charge >= 0.3 is 0 Å². The summed E-state index contributed by atoms with van der Waals surface area (Å²) < 4.78 is 5.48. The van der Waals surface area contributed by atoms with Gasteiger partial charge in [0.15, 0.2) is 0 Å². The summed E-state index contributed by atoms with van der Waals surface area (Å²) in [7, 11) is 1.65. The third-order valence-electron chi connectivity index (χ3n) is 4.22. The predicted octanol–water partition coefficient (Wildman–Crippen LogP) is 1.18. The zero-order chi connectivity index (χ0) is 10.8. The van der Waals surface area contributed by atoms with Gasteiger partial charge < -0.3 is 14.9 Å². The highest BCUT2D eigenvalue weighted by molar-refractivity contribution is 4.98. The average Bonchev–Trinajstić information content (AvgIpc) is 2.23. The van der Waals surface area contributed by atoms with Crippen LogP contribution in [0.5, 0.6) is 0 Å². The van der Waals surface area contributed by atoms with E-state index in [1.165, 1.54) is 0 Å². The fourth-order valence-corrected chi connectivity index (χ4v) is 2.63. The van der Waals surface area contributed by atoms with Gasteiger partial charge in [-0.2, -0.15) is 0 Å². The van der Waals surface area contributed by atoms with E-state index in [1.807, 2.05) is 0 Å². The lowest BCUT2D eigenvalue weighted by Crippen LogP contribution is -2.53. The van der Waals surface area contributed by atoms with Crippen LogP contribution in [0.4, 0.5) is 0 Å². The van der Waals surface area contributed by atoms with Gasteiger partial charge in [0.05, 0.1) is 12.2 Å². The van der Waals surface area contributed by atoms with E-state index in [-0.39, 0.29) is 24.5 Å². The SMILES string of the molecule is COC1(CO)CCCC(C)(CO)C1C. The Labute approximate surface area is 86.1 Å². The fourth-order valence-electron chi connectivity index (χ4n) is 2.63. The molecule has 1 aliphatic rings. The number of hydrogen-bond acceptors (Lipinski definition) is 3. The zero-order valence-corrected chi connectivity index (χ0v) is 9.42. The molecule has 0 bridgehead atoms. The summed E-state index contributed by atoms with van der Waals surface area (Å²) in [6.45, 7) is 4.34. The van der Waals surface area contributed by atoms with Crippen LogP contribution in [0.15, 0.2) is 0 Å². The first kappa shape index (κ1) is 12.0. The molecule has 14 heavy (non-hydrogen) atoms. The van der Waals surface area contributed by atoms with Crippen molar-refractivity contribution in [2.75, 3.05) is 20.3 Å². The van der Waals surface area contributed by atoms with Crippen LogP contribution in [0.1, 0.15) is 33.1 Å². The molecule has 0 aliphatic heterocycles. The average molecular weight is 202 g/mol. The Bertz CT molecular complexity index is 189. The number of methoxy groups -OCH3 is 1. The van der Waals surface area contributed by atoms with Crippen LogP contribution in [0, 0.1) is 11.3 Å². The van der Waals surface area contributed by atoms with Gasteiger partial charge in [-0.25, -0.2) is 0 Å². The molecule has 0 saturated heterocycles. The van der Waals surface area contributed by atoms with Crippen molar-refractivity contribution >= 4 is 0 Å². The molecular weight excluding hydrogens is 180 g/mol. The molecule has 3 nitrogen and oxygen atoms in total. The van der Waals surface area contributed by atoms with E-state index in [0.717, 1.165) is 19.3 Å². The molecule has 3 heteroatoms. The molecule has 0 radical (unpaired) electrons. The van der Waals surface area contributed by atoms with Gasteiger partial charge in [-0.05, 0) is 30.6 Å². The highest BCUT2D eigenvalue weighted by Gasteiger charge is 2.48. The standard InChI is InChI=1S/C11H22O3/c1-9-10(2,7-12)5-4-6-11(9,8-13)14-3/h9,12-13H,4-8H2,1-3H3. The predicted molar refractivity (Wildman–Crippen MR) is 55.0 cm³/mol. The van der Waals surface area contributed by atoms with Crippen molar-refractivity contribution in [2.45, 2.75) is 38.7 Å². The van der Waals surface area contributed by atoms with E-state index in [9.17, 15) is 10.2 Å². The van der Waals surface area contributed by atoms with Crippen LogP contribution in [0.3, 0.4) is 0 Å². The third kappa shape index (κ3) is 1.69. The topological polar surface area (TPSA) is 49.7 Å². The van der Waals surface area contributed by atoms with Crippen LogP contribution in [0.25, 0.3) is 0 Å². The summed E-state index contributed by atoms with van der Waals surface area (Å²) in [5.41, 5.74) is -0.563. The molecule has 1 fully saturated rings. The lowest BCUT2D eigenvalue weighted by atomic mass is 9.61. The first-order valence-electron chi connectivity index (χ1n) is 5.31. The molecule has 0 aromatic rings. The van der Waals surface area contributed by atoms with Gasteiger partial charge in [-0.1, -0.05) is 13.8 Å². The molecular formula is C11H22O3. The van der Waals surface area contributed by atoms with E-state index in [0.29, 0.717) is 0 Å². The molecule has 1 aliphatic carbocycles. The molecule has 3 unspecified atom stereocenters. The minimum absolute atomic E-state index is 0.0419. The minimum Gasteiger partial charge on any atom is -0.396 e. The quantitative estimate of drug-likeness (QED) is 0.722. The van der Waals surface area contributed by atoms with Crippen molar-refractivity contribution in [1.29, 1.82) is 0 Å². The maximum atomic E-state index is 9.43. The maximum absolute atomic E-state index is 9.43. The highest BCUT2D eigenvalue weighted by atomic mass is 16.5. The molecule has 0 heterocycles. The summed E-state index contributed by atoms with van der Waals surface area (Å²) in [5, 5.41) is 18.8. The Morgan fingerprint density at radius 1 is 1.29 bits per heavy atom. The van der Waals surface area contributed by atoms with Crippen molar-refractivity contribution in [1.82, 2.24) is 0 Å². The summed E-state index contributed by atoms with van der Waals surface area (Å²) in [4.78, 5) is 0. The van der Waals surface area contributed by atoms with Crippen LogP contribution in [0.2, 0.25) is 0 Å². The number of aliphatic hydroxyl groups is 2. The summed E-state index contributed by atoms with van der Waals surface area (Å²) >= 11 is 0. The van der Waals surface area contributed by atoms with E-state index in [4.69, 9.17) is 4.74 Å². The number of aliphatic hydroxyl groups excluding tert-OH is 2. The molecule has 84 valence electrons. The fraction of sp³-hybridized carbons (Fsp3) is 1.00. The van der Waals surface area contributed by atoms with Gasteiger partial charge in [0.2, 0.25) is 0 Å². The summed E-state index contributed by atoms with van der Waals surface area (Å²) in [5.74, 6) is 0.184. The van der Waals surface area contributed by atoms with Crippen molar-refractivity contribution in [3.63, 3.8) is 0 Å². The van der Waals surface area contributed by atoms with Crippen LogP contribution >= 0.6 is 0 Å². The molecule has 3 atom stereocenters. The number of hydrogen-bond donors (Lipinski definition) is 2. The third-order valence-corrected chi connectivity index (χ3v) is 4.22. The van der Waals surface area contributed by atoms with Gasteiger partial charge in [-0.3, -0.25) is 0 Å². The second-order valence-electron chi connectivity index (χ2n) is 4.81. The molecule has 0 aromatic heterocycles. The largest absolute Gasteiger partial charge is 0.396 e. The second kappa shape index (κ2) is 4.17. The number of rotatable bonds is 3. The van der Waals surface area contributed by atoms with Crippen molar-refractivity contribution < 1.29 is 14.9 Å². The summed E-state index contributed by atoms with van der Waals surface area (Å²) in [6, 6.07) is 0. The van der Waals surface area contributed by atoms with Crippen LogP contribution in [-0.2, 0) is 4.74 Å². The molecule has 0 spiro atoms. The number of ether oxygens (including phenoxy) is 1. The smallest absolute Gasteiger partial charge is 0.0939 e. The first-order chi connectivity index (χ1) is 6.54. The Hall–Kier alpha value is -0.120. The van der Waals surface area contributed by atoms with Gasteiger partial charge in [0, 0.05) is 13.7 Å². The Morgan fingerprint density at radius 2 is 1.93 bits per heavy atom. The van der Waals surface area contributed by atoms with Gasteiger partial charge in [0.1, 0.15) is 0 Å². The molecule has 1 saturated carbocycles. The lowest BCUT2D eigenvalue weighted by molar-refractivity contribution is -0.158. The van der Waals surface area contributed by atoms with E-state index < -0.39 is 5.60 Å². The van der Waals surface area contributed by atoms with Crippen LogP contribution in [-0.4, -0.2) is 36.1 Å². The molecule has 0 aromatic carbocycles. The van der Waals surface area contributed by atoms with E-state index >= 15 is 0 Å². The molecule has 0 amide bonds. The van der Waals surface area contributed by atoms with E-state index in [2.05, 4.69) is 13.8 Å². The highest BCUT2D eigenvalue weighted by Crippen LogP contribution is 2.47. The van der Waals surface area contributed by atoms with Crippen molar-refractivity contribution in [3.05, 3.63) is 0 Å². The Kier molecular flexibility index (Phi) is 3.56. The second-order valence-corrected chi connectivity index (χ2v) is 4.81. The lowest BCUT2D eigenvalue weighted by Gasteiger charge is -2.50. The molecule has 1 rings (SSSR count). The van der Waals surface area contributed by atoms with Gasteiger partial charge in [-0.15, -0.1) is 0 Å². The van der Waals surface area contributed by atoms with Gasteiger partial charge in [0.25, 0.3) is 0 Å².